The van der Waals surface area contributed by atoms with Crippen LogP contribution in [-0.4, -0.2) is 33.9 Å². The van der Waals surface area contributed by atoms with Gasteiger partial charge in [0.15, 0.2) is 0 Å². The van der Waals surface area contributed by atoms with Gasteiger partial charge in [-0.2, -0.15) is 0 Å². The van der Waals surface area contributed by atoms with E-state index in [2.05, 4.69) is 22.2 Å². The molecule has 0 aliphatic carbocycles. The van der Waals surface area contributed by atoms with E-state index in [4.69, 9.17) is 11.6 Å². The third kappa shape index (κ3) is 4.10. The maximum absolute atomic E-state index is 12.7. The predicted molar refractivity (Wildman–Crippen MR) is 101 cm³/mol. The highest BCUT2D eigenvalue weighted by atomic mass is 35.5. The number of aromatic nitrogens is 2. The third-order valence-electron chi connectivity index (χ3n) is 4.49. The van der Waals surface area contributed by atoms with Crippen molar-refractivity contribution in [2.75, 3.05) is 18.4 Å². The lowest BCUT2D eigenvalue weighted by Crippen LogP contribution is -2.39. The molecule has 1 N–H and O–H groups in total. The molecule has 25 heavy (non-hydrogen) atoms. The second-order valence-electron chi connectivity index (χ2n) is 6.83. The van der Waals surface area contributed by atoms with E-state index in [1.807, 2.05) is 30.9 Å². The summed E-state index contributed by atoms with van der Waals surface area (Å²) >= 11 is 6.33. The van der Waals surface area contributed by atoms with Crippen LogP contribution in [0.2, 0.25) is 5.02 Å². The third-order valence-corrected chi connectivity index (χ3v) is 4.79. The van der Waals surface area contributed by atoms with E-state index >= 15 is 0 Å². The zero-order valence-corrected chi connectivity index (χ0v) is 15.6. The minimum Gasteiger partial charge on any atom is -0.337 e. The number of likely N-dealkylation sites (tertiary alicyclic amines) is 1. The van der Waals surface area contributed by atoms with Crippen LogP contribution in [-0.2, 0) is 0 Å². The normalized spacial score (nSPS) is 17.4. The average Bonchev–Trinajstić information content (AvgIpc) is 2.57. The first-order chi connectivity index (χ1) is 11.9. The largest absolute Gasteiger partial charge is 0.337 e. The van der Waals surface area contributed by atoms with Crippen LogP contribution in [0.1, 0.15) is 41.4 Å². The van der Waals surface area contributed by atoms with Gasteiger partial charge in [0.05, 0.1) is 10.7 Å². The van der Waals surface area contributed by atoms with Crippen molar-refractivity contribution in [3.8, 4) is 0 Å². The molecule has 0 bridgehead atoms. The molecule has 0 spiro atoms. The van der Waals surface area contributed by atoms with Crippen LogP contribution in [0, 0.1) is 19.8 Å². The Morgan fingerprint density at radius 1 is 1.36 bits per heavy atom. The fraction of sp³-hybridized carbons (Fsp3) is 0.421. The highest BCUT2D eigenvalue weighted by Gasteiger charge is 2.23. The molecule has 5 nitrogen and oxygen atoms in total. The second kappa shape index (κ2) is 7.40. The lowest BCUT2D eigenvalue weighted by Gasteiger charge is -2.30. The summed E-state index contributed by atoms with van der Waals surface area (Å²) in [6.45, 7) is 7.73. The molecule has 1 aromatic carbocycles. The number of hydrogen-bond donors (Lipinski definition) is 1. The predicted octanol–water partition coefficient (Wildman–Crippen LogP) is 4.36. The van der Waals surface area contributed by atoms with Crippen LogP contribution in [0.15, 0.2) is 24.4 Å². The van der Waals surface area contributed by atoms with E-state index in [-0.39, 0.29) is 5.91 Å². The van der Waals surface area contributed by atoms with E-state index in [1.54, 1.807) is 12.3 Å². The Kier molecular flexibility index (Phi) is 5.23. The fourth-order valence-corrected chi connectivity index (χ4v) is 3.63. The number of carbonyl (C=O) groups excluding carboxylic acids is 1. The summed E-state index contributed by atoms with van der Waals surface area (Å²) < 4.78 is 0. The topological polar surface area (TPSA) is 58.1 Å². The first kappa shape index (κ1) is 17.7. The summed E-state index contributed by atoms with van der Waals surface area (Å²) in [7, 11) is 0. The smallest absolute Gasteiger partial charge is 0.272 e. The van der Waals surface area contributed by atoms with Gasteiger partial charge >= 0.3 is 0 Å². The number of nitrogens with one attached hydrogen (secondary N) is 1. The first-order valence-corrected chi connectivity index (χ1v) is 8.98. The number of nitrogens with zero attached hydrogens (tertiary/aromatic N) is 3. The molecule has 1 fully saturated rings. The summed E-state index contributed by atoms with van der Waals surface area (Å²) in [6.07, 6.45) is 3.82. The van der Waals surface area contributed by atoms with Crippen LogP contribution in [0.5, 0.6) is 0 Å². The van der Waals surface area contributed by atoms with Crippen molar-refractivity contribution in [3.05, 3.63) is 46.2 Å². The number of benzene rings is 1. The molecule has 1 amide bonds. The molecular weight excluding hydrogens is 336 g/mol. The summed E-state index contributed by atoms with van der Waals surface area (Å²) in [4.78, 5) is 23.2. The molecule has 3 rings (SSSR count). The Hall–Kier alpha value is -2.14. The van der Waals surface area contributed by atoms with Gasteiger partial charge in [-0.15, -0.1) is 0 Å². The molecule has 1 aromatic heterocycles. The van der Waals surface area contributed by atoms with Gasteiger partial charge in [0.2, 0.25) is 5.95 Å². The van der Waals surface area contributed by atoms with Crippen LogP contribution < -0.4 is 5.32 Å². The molecule has 1 atom stereocenters. The Morgan fingerprint density at radius 3 is 2.88 bits per heavy atom. The van der Waals surface area contributed by atoms with Gasteiger partial charge in [0, 0.05) is 19.3 Å². The summed E-state index contributed by atoms with van der Waals surface area (Å²) in [5, 5.41) is 3.76. The fourth-order valence-electron chi connectivity index (χ4n) is 3.26. The maximum Gasteiger partial charge on any atom is 0.272 e. The van der Waals surface area contributed by atoms with Gasteiger partial charge in [0.1, 0.15) is 5.69 Å². The van der Waals surface area contributed by atoms with Crippen molar-refractivity contribution < 1.29 is 4.79 Å². The van der Waals surface area contributed by atoms with Crippen molar-refractivity contribution in [3.63, 3.8) is 0 Å². The number of aryl methyl sites for hydroxylation is 2. The number of carbonyl (C=O) groups is 1. The molecule has 1 aliphatic rings. The van der Waals surface area contributed by atoms with E-state index in [9.17, 15) is 4.79 Å². The van der Waals surface area contributed by atoms with Crippen LogP contribution >= 0.6 is 11.6 Å². The van der Waals surface area contributed by atoms with Crippen LogP contribution in [0.3, 0.4) is 0 Å². The SMILES string of the molecule is Cc1cc(C)c(Nc2nccc(C(=O)N3CCCC(C)C3)n2)c(Cl)c1. The summed E-state index contributed by atoms with van der Waals surface area (Å²) in [6, 6.07) is 5.59. The van der Waals surface area contributed by atoms with Crippen molar-refractivity contribution in [1.82, 2.24) is 14.9 Å². The zero-order chi connectivity index (χ0) is 18.0. The lowest BCUT2D eigenvalue weighted by atomic mass is 10.00. The van der Waals surface area contributed by atoms with Gasteiger partial charge in [0.25, 0.3) is 5.91 Å². The van der Waals surface area contributed by atoms with E-state index < -0.39 is 0 Å². The molecule has 1 aliphatic heterocycles. The molecule has 1 saturated heterocycles. The van der Waals surface area contributed by atoms with Gasteiger partial charge < -0.3 is 10.2 Å². The van der Waals surface area contributed by atoms with Gasteiger partial charge in [-0.3, -0.25) is 4.79 Å². The molecule has 1 unspecified atom stereocenters. The minimum absolute atomic E-state index is 0.0382. The number of halogens is 1. The Morgan fingerprint density at radius 2 is 2.16 bits per heavy atom. The Balaban J connectivity index is 1.81. The molecule has 2 aromatic rings. The standard InChI is InChI=1S/C19H23ClN4O/c1-12-5-4-8-24(11-12)18(25)16-6-7-21-19(22-16)23-17-14(3)9-13(2)10-15(17)20/h6-7,9-10,12H,4-5,8,11H2,1-3H3,(H,21,22,23). The highest BCUT2D eigenvalue weighted by molar-refractivity contribution is 6.33. The van der Waals surface area contributed by atoms with Crippen molar-refractivity contribution >= 4 is 29.1 Å². The van der Waals surface area contributed by atoms with Gasteiger partial charge in [-0.1, -0.05) is 24.6 Å². The average molecular weight is 359 g/mol. The number of piperidine rings is 1. The van der Waals surface area contributed by atoms with Gasteiger partial charge in [-0.05, 0) is 55.9 Å². The quantitative estimate of drug-likeness (QED) is 0.885. The zero-order valence-electron chi connectivity index (χ0n) is 14.8. The van der Waals surface area contributed by atoms with E-state index in [1.165, 1.54) is 6.42 Å². The van der Waals surface area contributed by atoms with Crippen molar-refractivity contribution in [2.45, 2.75) is 33.6 Å². The first-order valence-electron chi connectivity index (χ1n) is 8.60. The van der Waals surface area contributed by atoms with E-state index in [0.29, 0.717) is 22.6 Å². The van der Waals surface area contributed by atoms with Crippen LogP contribution in [0.25, 0.3) is 0 Å². The molecule has 2 heterocycles. The molecule has 0 saturated carbocycles. The number of rotatable bonds is 3. The lowest BCUT2D eigenvalue weighted by molar-refractivity contribution is 0.0677. The molecule has 6 heteroatoms. The Labute approximate surface area is 153 Å². The molecule has 0 radical (unpaired) electrons. The number of hydrogen-bond acceptors (Lipinski definition) is 4. The number of anilines is 2. The van der Waals surface area contributed by atoms with Crippen LogP contribution in [0.4, 0.5) is 11.6 Å². The highest BCUT2D eigenvalue weighted by Crippen LogP contribution is 2.29. The Bertz CT molecular complexity index is 770. The number of amides is 1. The second-order valence-corrected chi connectivity index (χ2v) is 7.23. The minimum atomic E-state index is -0.0382. The van der Waals surface area contributed by atoms with Crippen molar-refractivity contribution in [2.24, 2.45) is 5.92 Å². The monoisotopic (exact) mass is 358 g/mol. The molecule has 132 valence electrons. The summed E-state index contributed by atoms with van der Waals surface area (Å²) in [5.41, 5.74) is 3.28. The maximum atomic E-state index is 12.7. The van der Waals surface area contributed by atoms with E-state index in [0.717, 1.165) is 36.3 Å². The van der Waals surface area contributed by atoms with Gasteiger partial charge in [-0.25, -0.2) is 9.97 Å². The summed E-state index contributed by atoms with van der Waals surface area (Å²) in [5.74, 6) is 0.875. The molecular formula is C19H23ClN4O. The van der Waals surface area contributed by atoms with Crippen molar-refractivity contribution in [1.29, 1.82) is 0 Å².